The number of nitrogens with zero attached hydrogens (tertiary/aromatic N) is 1. The zero-order chi connectivity index (χ0) is 28.0. The minimum absolute atomic E-state index is 0.0151. The zero-order valence-corrected chi connectivity index (χ0v) is 21.0. The molecule has 3 N–H and O–H groups in total. The summed E-state index contributed by atoms with van der Waals surface area (Å²) in [6.07, 6.45) is 0. The van der Waals surface area contributed by atoms with Crippen LogP contribution in [0.5, 0.6) is 0 Å². The van der Waals surface area contributed by atoms with E-state index in [0.29, 0.717) is 16.8 Å². The van der Waals surface area contributed by atoms with Crippen molar-refractivity contribution in [2.75, 3.05) is 18.5 Å². The molecule has 0 unspecified atom stereocenters. The molecular formula is C26H27N3O9. The lowest BCUT2D eigenvalue weighted by Crippen LogP contribution is -2.55. The Kier molecular flexibility index (Phi) is 8.79. The van der Waals surface area contributed by atoms with Crippen molar-refractivity contribution < 1.29 is 43.3 Å². The maximum atomic E-state index is 13.4. The van der Waals surface area contributed by atoms with Crippen molar-refractivity contribution in [3.05, 3.63) is 53.6 Å². The van der Waals surface area contributed by atoms with Crippen molar-refractivity contribution >= 4 is 41.3 Å². The number of nitrogens with one attached hydrogen (secondary N) is 2. The molecule has 3 rings (SSSR count). The number of aliphatic carboxylic acids is 1. The topological polar surface area (TPSA) is 168 Å². The fourth-order valence-corrected chi connectivity index (χ4v) is 3.96. The van der Waals surface area contributed by atoms with Gasteiger partial charge in [-0.25, -0.2) is 4.79 Å². The van der Waals surface area contributed by atoms with Gasteiger partial charge < -0.3 is 30.1 Å². The van der Waals surface area contributed by atoms with E-state index in [-0.39, 0.29) is 12.5 Å². The van der Waals surface area contributed by atoms with Crippen molar-refractivity contribution in [1.82, 2.24) is 10.2 Å². The molecular weight excluding hydrogens is 498 g/mol. The zero-order valence-electron chi connectivity index (χ0n) is 21.0. The molecule has 12 nitrogen and oxygen atoms in total. The van der Waals surface area contributed by atoms with Crippen LogP contribution in [0.1, 0.15) is 36.7 Å². The van der Waals surface area contributed by atoms with Gasteiger partial charge in [0.2, 0.25) is 11.8 Å². The number of carboxylic acids is 1. The number of carboxylic acid groups (broad SMARTS) is 1. The fraction of sp³-hybridized carbons (Fsp3) is 0.308. The summed E-state index contributed by atoms with van der Waals surface area (Å²) in [5, 5.41) is 14.4. The number of rotatable bonds is 10. The van der Waals surface area contributed by atoms with Crippen LogP contribution in [0.4, 0.5) is 5.69 Å². The standard InChI is InChI=1S/C26H27N3O9/c1-14(30)27-18-9-7-17(8-10-18)19-5-4-6-20-21(19)11-29(25(20)34)23(13-38-16(3)32)24(33)28-22(26(35)36)12-37-15(2)31/h4-10,22-23H,11-13H2,1-3H3,(H,27,30)(H,28,33)(H,35,36)/t22-,23-/m0/s1. The van der Waals surface area contributed by atoms with E-state index >= 15 is 0 Å². The molecule has 0 aromatic heterocycles. The summed E-state index contributed by atoms with van der Waals surface area (Å²) >= 11 is 0. The second-order valence-corrected chi connectivity index (χ2v) is 8.54. The number of fused-ring (bicyclic) bond motifs is 1. The van der Waals surface area contributed by atoms with Crippen LogP contribution >= 0.6 is 0 Å². The number of esters is 2. The lowest BCUT2D eigenvalue weighted by atomic mass is 9.97. The van der Waals surface area contributed by atoms with Crippen LogP contribution in [0.25, 0.3) is 11.1 Å². The van der Waals surface area contributed by atoms with Gasteiger partial charge in [-0.15, -0.1) is 0 Å². The molecule has 12 heteroatoms. The number of amides is 3. The Bertz CT molecular complexity index is 1270. The quantitative estimate of drug-likeness (QED) is 0.388. The highest BCUT2D eigenvalue weighted by Crippen LogP contribution is 2.34. The maximum Gasteiger partial charge on any atom is 0.329 e. The van der Waals surface area contributed by atoms with Crippen LogP contribution in [-0.4, -0.2) is 70.9 Å². The summed E-state index contributed by atoms with van der Waals surface area (Å²) in [6, 6.07) is 9.17. The fourth-order valence-electron chi connectivity index (χ4n) is 3.96. The van der Waals surface area contributed by atoms with Crippen molar-refractivity contribution in [3.8, 4) is 11.1 Å². The van der Waals surface area contributed by atoms with Crippen LogP contribution in [0, 0.1) is 0 Å². The Morgan fingerprint density at radius 2 is 1.53 bits per heavy atom. The summed E-state index contributed by atoms with van der Waals surface area (Å²) in [6.45, 7) is 2.48. The van der Waals surface area contributed by atoms with E-state index in [0.717, 1.165) is 25.0 Å². The Hall–Kier alpha value is -4.74. The van der Waals surface area contributed by atoms with Crippen molar-refractivity contribution in [1.29, 1.82) is 0 Å². The van der Waals surface area contributed by atoms with Gasteiger partial charge in [-0.3, -0.25) is 24.0 Å². The molecule has 3 amide bonds. The monoisotopic (exact) mass is 525 g/mol. The SMILES string of the molecule is CC(=O)Nc1ccc(-c2cccc3c2CN([C@@H](COC(C)=O)C(=O)N[C@@H](COC(C)=O)C(=O)O)C3=O)cc1. The second kappa shape index (κ2) is 12.0. The Morgan fingerprint density at radius 1 is 0.921 bits per heavy atom. The minimum atomic E-state index is -1.58. The average Bonchev–Trinajstić information content (AvgIpc) is 3.18. The molecule has 0 bridgehead atoms. The van der Waals surface area contributed by atoms with E-state index in [4.69, 9.17) is 9.47 Å². The van der Waals surface area contributed by atoms with Crippen LogP contribution in [0.15, 0.2) is 42.5 Å². The smallest absolute Gasteiger partial charge is 0.329 e. The highest BCUT2D eigenvalue weighted by Gasteiger charge is 2.39. The maximum absolute atomic E-state index is 13.4. The summed E-state index contributed by atoms with van der Waals surface area (Å²) in [4.78, 5) is 73.2. The van der Waals surface area contributed by atoms with Gasteiger partial charge in [-0.2, -0.15) is 0 Å². The van der Waals surface area contributed by atoms with E-state index in [1.807, 2.05) is 6.07 Å². The average molecular weight is 526 g/mol. The molecule has 0 saturated carbocycles. The van der Waals surface area contributed by atoms with Gasteiger partial charge in [0.1, 0.15) is 19.3 Å². The largest absolute Gasteiger partial charge is 0.480 e. The van der Waals surface area contributed by atoms with Crippen LogP contribution < -0.4 is 10.6 Å². The normalized spacial score (nSPS) is 13.7. The van der Waals surface area contributed by atoms with E-state index in [1.54, 1.807) is 36.4 Å². The summed E-state index contributed by atoms with van der Waals surface area (Å²) in [7, 11) is 0. The molecule has 1 heterocycles. The molecule has 2 aromatic rings. The van der Waals surface area contributed by atoms with Crippen LogP contribution in [0.2, 0.25) is 0 Å². The van der Waals surface area contributed by atoms with E-state index in [9.17, 15) is 33.9 Å². The summed E-state index contributed by atoms with van der Waals surface area (Å²) < 4.78 is 9.74. The second-order valence-electron chi connectivity index (χ2n) is 8.54. The predicted molar refractivity (Wildman–Crippen MR) is 133 cm³/mol. The lowest BCUT2D eigenvalue weighted by Gasteiger charge is -2.27. The van der Waals surface area contributed by atoms with Crippen molar-refractivity contribution in [2.45, 2.75) is 39.4 Å². The predicted octanol–water partition coefficient (Wildman–Crippen LogP) is 1.33. The molecule has 0 saturated heterocycles. The van der Waals surface area contributed by atoms with Gasteiger partial charge in [0.05, 0.1) is 0 Å². The number of hydrogen-bond acceptors (Lipinski definition) is 8. The van der Waals surface area contributed by atoms with Gasteiger partial charge in [0, 0.05) is 38.6 Å². The third-order valence-corrected chi connectivity index (χ3v) is 5.70. The lowest BCUT2D eigenvalue weighted by molar-refractivity contribution is -0.151. The number of hydrogen-bond donors (Lipinski definition) is 3. The number of benzene rings is 2. The van der Waals surface area contributed by atoms with E-state index in [2.05, 4.69) is 10.6 Å². The van der Waals surface area contributed by atoms with Gasteiger partial charge in [0.25, 0.3) is 5.91 Å². The molecule has 2 aromatic carbocycles. The third-order valence-electron chi connectivity index (χ3n) is 5.70. The number of ether oxygens (including phenoxy) is 2. The number of carbonyl (C=O) groups is 6. The first kappa shape index (κ1) is 27.8. The molecule has 38 heavy (non-hydrogen) atoms. The highest BCUT2D eigenvalue weighted by molar-refractivity contribution is 6.03. The van der Waals surface area contributed by atoms with Crippen molar-refractivity contribution in [2.24, 2.45) is 0 Å². The number of anilines is 1. The molecule has 1 aliphatic heterocycles. The molecule has 0 fully saturated rings. The van der Waals surface area contributed by atoms with E-state index in [1.165, 1.54) is 11.8 Å². The Balaban J connectivity index is 1.89. The molecule has 200 valence electrons. The first-order valence-corrected chi connectivity index (χ1v) is 11.6. The molecule has 0 radical (unpaired) electrons. The summed E-state index contributed by atoms with van der Waals surface area (Å²) in [5.41, 5.74) is 3.05. The molecule has 0 aliphatic carbocycles. The number of carbonyl (C=O) groups excluding carboxylic acids is 5. The summed E-state index contributed by atoms with van der Waals surface area (Å²) in [5.74, 6) is -4.49. The van der Waals surface area contributed by atoms with Crippen molar-refractivity contribution in [3.63, 3.8) is 0 Å². The van der Waals surface area contributed by atoms with Crippen LogP contribution in [-0.2, 0) is 40.0 Å². The first-order chi connectivity index (χ1) is 18.0. The Labute approximate surface area is 217 Å². The Morgan fingerprint density at radius 3 is 2.11 bits per heavy atom. The van der Waals surface area contributed by atoms with Gasteiger partial charge in [-0.05, 0) is 34.9 Å². The van der Waals surface area contributed by atoms with Gasteiger partial charge in [0.15, 0.2) is 6.04 Å². The van der Waals surface area contributed by atoms with Gasteiger partial charge >= 0.3 is 17.9 Å². The van der Waals surface area contributed by atoms with Crippen LogP contribution in [0.3, 0.4) is 0 Å². The highest BCUT2D eigenvalue weighted by atomic mass is 16.5. The molecule has 2 atom stereocenters. The molecule has 0 spiro atoms. The minimum Gasteiger partial charge on any atom is -0.480 e. The van der Waals surface area contributed by atoms with E-state index < -0.39 is 55.0 Å². The third kappa shape index (κ3) is 6.72. The first-order valence-electron chi connectivity index (χ1n) is 11.6. The molecule has 1 aliphatic rings. The van der Waals surface area contributed by atoms with Gasteiger partial charge in [-0.1, -0.05) is 24.3 Å².